The van der Waals surface area contributed by atoms with Gasteiger partial charge in [0.05, 0.1) is 59.8 Å². The van der Waals surface area contributed by atoms with Crippen molar-refractivity contribution in [1.29, 1.82) is 0 Å². The van der Waals surface area contributed by atoms with E-state index in [1.54, 1.807) is 13.8 Å². The third kappa shape index (κ3) is 12.1. The molecule has 4 aromatic carbocycles. The summed E-state index contributed by atoms with van der Waals surface area (Å²) in [7, 11) is -3.20. The summed E-state index contributed by atoms with van der Waals surface area (Å²) in [4.78, 5) is 65.7. The third-order valence-corrected chi connectivity index (χ3v) is 15.5. The van der Waals surface area contributed by atoms with Crippen LogP contribution in [0, 0.1) is 35.1 Å². The fraction of sp³-hybridized carbons (Fsp3) is 0.200. The Hall–Kier alpha value is -8.20. The van der Waals surface area contributed by atoms with Crippen LogP contribution in [0.2, 0.25) is 10.0 Å². The largest absolute Gasteiger partial charge is 0.480 e. The number of hydrogen-bond acceptors (Lipinski definition) is 14. The molecule has 28 heteroatoms. The number of halogens is 6. The molecule has 78 heavy (non-hydrogen) atoms. The number of benzene rings is 4. The van der Waals surface area contributed by atoms with Gasteiger partial charge in [0.25, 0.3) is 31.2 Å². The predicted octanol–water partition coefficient (Wildman–Crippen LogP) is 7.16. The summed E-state index contributed by atoms with van der Waals surface area (Å²) in [6, 6.07) is 13.7. The Morgan fingerprint density at radius 2 is 0.962 bits per heavy atom. The van der Waals surface area contributed by atoms with E-state index in [0.29, 0.717) is 0 Å². The standard InChI is InChI=1S/2C25H22ClF2N5O5S/c2*1-13(23(34)29-2)11-33-12-31-18-6-5-16(22(28)21(18)25(33)35)14-8-19(24(38-3)30-10-14)32-39(36,37)20-7-4-15(27)9-17(20)26/h2*4-10,12-13,32H,11H2,1-3H3,(H,29,34)/t2*13-/m10/s1. The molecule has 8 aromatic rings. The van der Waals surface area contributed by atoms with Crippen molar-refractivity contribution in [3.8, 4) is 34.0 Å². The molecule has 0 saturated carbocycles. The summed E-state index contributed by atoms with van der Waals surface area (Å²) in [6.45, 7) is 3.19. The number of methoxy groups -OCH3 is 2. The van der Waals surface area contributed by atoms with Gasteiger partial charge in [0.1, 0.15) is 55.2 Å². The van der Waals surface area contributed by atoms with Gasteiger partial charge >= 0.3 is 0 Å². The highest BCUT2D eigenvalue weighted by atomic mass is 35.5. The van der Waals surface area contributed by atoms with Crippen LogP contribution in [-0.4, -0.2) is 86.0 Å². The summed E-state index contributed by atoms with van der Waals surface area (Å²) >= 11 is 11.9. The van der Waals surface area contributed by atoms with Gasteiger partial charge in [-0.1, -0.05) is 37.0 Å². The molecule has 0 spiro atoms. The first-order valence-electron chi connectivity index (χ1n) is 22.8. The van der Waals surface area contributed by atoms with Gasteiger partial charge in [0.15, 0.2) is 0 Å². The molecule has 8 rings (SSSR count). The first-order chi connectivity index (χ1) is 36.9. The maximum atomic E-state index is 15.8. The van der Waals surface area contributed by atoms with Gasteiger partial charge < -0.3 is 20.1 Å². The van der Waals surface area contributed by atoms with Crippen LogP contribution in [0.15, 0.2) is 117 Å². The third-order valence-electron chi connectivity index (χ3n) is 11.8. The van der Waals surface area contributed by atoms with Crippen molar-refractivity contribution >= 4 is 88.2 Å². The van der Waals surface area contributed by atoms with Gasteiger partial charge in [-0.05, 0) is 72.8 Å². The molecule has 0 aliphatic rings. The van der Waals surface area contributed by atoms with Gasteiger partial charge in [0, 0.05) is 61.8 Å². The van der Waals surface area contributed by atoms with Gasteiger partial charge in [-0.3, -0.25) is 37.8 Å². The molecule has 0 unspecified atom stereocenters. The number of hydrogen-bond donors (Lipinski definition) is 4. The first kappa shape index (κ1) is 57.5. The summed E-state index contributed by atoms with van der Waals surface area (Å²) in [5, 5.41) is 3.67. The van der Waals surface area contributed by atoms with Crippen molar-refractivity contribution in [3.63, 3.8) is 0 Å². The summed E-state index contributed by atoms with van der Waals surface area (Å²) in [5.41, 5.74) is -1.39. The van der Waals surface area contributed by atoms with Crippen molar-refractivity contribution in [1.82, 2.24) is 39.7 Å². The van der Waals surface area contributed by atoms with E-state index in [0.717, 1.165) is 45.5 Å². The minimum Gasteiger partial charge on any atom is -0.480 e. The molecule has 4 heterocycles. The van der Waals surface area contributed by atoms with Crippen molar-refractivity contribution in [2.24, 2.45) is 11.8 Å². The average molecular weight is 1160 g/mol. The van der Waals surface area contributed by atoms with Gasteiger partial charge in [-0.2, -0.15) is 0 Å². The van der Waals surface area contributed by atoms with Crippen molar-refractivity contribution in [3.05, 3.63) is 152 Å². The normalized spacial score (nSPS) is 12.3. The van der Waals surface area contributed by atoms with Crippen molar-refractivity contribution in [2.75, 3.05) is 37.8 Å². The summed E-state index contributed by atoms with van der Waals surface area (Å²) in [6.07, 6.45) is 4.97. The molecule has 4 N–H and O–H groups in total. The van der Waals surface area contributed by atoms with Gasteiger partial charge in [0.2, 0.25) is 23.6 Å². The number of anilines is 2. The number of nitrogens with zero attached hydrogens (tertiary/aromatic N) is 6. The molecule has 2 amide bonds. The number of pyridine rings is 2. The van der Waals surface area contributed by atoms with Crippen LogP contribution >= 0.6 is 23.2 Å². The molecule has 0 fully saturated rings. The molecule has 20 nitrogen and oxygen atoms in total. The lowest BCUT2D eigenvalue weighted by atomic mass is 10.0. The quantitative estimate of drug-likeness (QED) is 0.0700. The topological polar surface area (TPSA) is 265 Å². The second-order valence-electron chi connectivity index (χ2n) is 17.0. The lowest BCUT2D eigenvalue weighted by Gasteiger charge is -2.15. The average Bonchev–Trinajstić information content (AvgIpc) is 3.45. The van der Waals surface area contributed by atoms with Crippen molar-refractivity contribution in [2.45, 2.75) is 36.7 Å². The number of amides is 2. The number of rotatable bonds is 16. The van der Waals surface area contributed by atoms with Crippen LogP contribution < -0.4 is 40.7 Å². The zero-order valence-corrected chi connectivity index (χ0v) is 44.8. The van der Waals surface area contributed by atoms with E-state index in [2.05, 4.69) is 40.0 Å². The number of aromatic nitrogens is 6. The highest BCUT2D eigenvalue weighted by Crippen LogP contribution is 2.36. The van der Waals surface area contributed by atoms with Crippen molar-refractivity contribution < 1.29 is 53.5 Å². The monoisotopic (exact) mass is 1150 g/mol. The van der Waals surface area contributed by atoms with E-state index in [-0.39, 0.29) is 102 Å². The Morgan fingerprint density at radius 1 is 0.590 bits per heavy atom. The zero-order chi connectivity index (χ0) is 57.0. The number of carbonyl (C=O) groups excluding carboxylic acids is 2. The van der Waals surface area contributed by atoms with Gasteiger partial charge in [-0.15, -0.1) is 0 Å². The van der Waals surface area contributed by atoms with Gasteiger partial charge in [-0.25, -0.2) is 54.3 Å². The summed E-state index contributed by atoms with van der Waals surface area (Å²) in [5.74, 6) is -5.25. The van der Waals surface area contributed by atoms with Crippen LogP contribution in [0.4, 0.5) is 28.9 Å². The predicted molar refractivity (Wildman–Crippen MR) is 282 cm³/mol. The molecule has 0 aliphatic heterocycles. The van der Waals surface area contributed by atoms with Crippen LogP contribution in [0.1, 0.15) is 13.8 Å². The Labute approximate surface area is 451 Å². The highest BCUT2D eigenvalue weighted by molar-refractivity contribution is 7.93. The minimum absolute atomic E-state index is 0.0208. The second-order valence-corrected chi connectivity index (χ2v) is 21.1. The van der Waals surface area contributed by atoms with E-state index in [4.69, 9.17) is 32.7 Å². The number of fused-ring (bicyclic) bond motifs is 2. The molecule has 0 bridgehead atoms. The number of sulfonamides is 2. The van der Waals surface area contributed by atoms with Crippen LogP contribution in [0.3, 0.4) is 0 Å². The fourth-order valence-electron chi connectivity index (χ4n) is 7.82. The van der Waals surface area contributed by atoms with E-state index >= 15 is 8.78 Å². The molecule has 2 atom stereocenters. The molecular formula is C50H44Cl2F4N10O10S2. The van der Waals surface area contributed by atoms with E-state index < -0.39 is 76.1 Å². The Kier molecular flexibility index (Phi) is 17.4. The fourth-order valence-corrected chi connectivity index (χ4v) is 11.0. The number of ether oxygens (including phenoxy) is 2. The smallest absolute Gasteiger partial charge is 0.264 e. The first-order valence-corrected chi connectivity index (χ1v) is 26.5. The van der Waals surface area contributed by atoms with Crippen LogP contribution in [0.25, 0.3) is 44.1 Å². The lowest BCUT2D eigenvalue weighted by Crippen LogP contribution is -2.32. The van der Waals surface area contributed by atoms with E-state index in [1.165, 1.54) is 89.8 Å². The number of nitrogens with one attached hydrogen (secondary N) is 4. The summed E-state index contributed by atoms with van der Waals surface area (Å²) < 4.78 is 127. The molecule has 408 valence electrons. The Bertz CT molecular complexity index is 3790. The lowest BCUT2D eigenvalue weighted by molar-refractivity contribution is -0.125. The van der Waals surface area contributed by atoms with Crippen LogP contribution in [-0.2, 0) is 42.7 Å². The Balaban J connectivity index is 0.000000226. The number of carbonyl (C=O) groups is 2. The molecule has 0 aliphatic carbocycles. The molecule has 0 radical (unpaired) electrons. The van der Waals surface area contributed by atoms with E-state index in [1.807, 2.05) is 0 Å². The second kappa shape index (κ2) is 23.6. The maximum Gasteiger partial charge on any atom is 0.264 e. The molecule has 0 saturated heterocycles. The molecule has 4 aromatic heterocycles. The highest BCUT2D eigenvalue weighted by Gasteiger charge is 2.26. The zero-order valence-electron chi connectivity index (χ0n) is 41.7. The Morgan fingerprint density at radius 3 is 1.29 bits per heavy atom. The maximum absolute atomic E-state index is 15.8. The van der Waals surface area contributed by atoms with Crippen LogP contribution in [0.5, 0.6) is 11.8 Å². The minimum atomic E-state index is -4.33. The molecular weight excluding hydrogens is 1110 g/mol. The van der Waals surface area contributed by atoms with E-state index in [9.17, 15) is 44.8 Å². The SMILES string of the molecule is CNC(=O)[C@@H](C)Cn1cnc2ccc(-c3cnc(OC)c(NS(=O)(=O)c4ccc(F)cc4Cl)c3)c(F)c2c1=O.CNC(=O)[C@H](C)Cn1cnc2ccc(-c3cnc(OC)c(NS(=O)(=O)c4ccc(F)cc4Cl)c3)c(F)c2c1=O.